The van der Waals surface area contributed by atoms with Crippen LogP contribution in [0.3, 0.4) is 0 Å². The standard InChI is InChI=1S/C11H9NO3/c13-10(11(14)15)5-7-6-12-9-4-2-1-3-8(7)9/h1-4,6-7H,5H2,(H,14,15). The highest BCUT2D eigenvalue weighted by Gasteiger charge is 2.23. The van der Waals surface area contributed by atoms with Gasteiger partial charge in [-0.05, 0) is 11.6 Å². The zero-order valence-corrected chi connectivity index (χ0v) is 7.88. The molecule has 0 amide bonds. The molecule has 4 heteroatoms. The minimum Gasteiger partial charge on any atom is -0.476 e. The molecule has 1 aliphatic heterocycles. The van der Waals surface area contributed by atoms with Gasteiger partial charge in [0.05, 0.1) is 5.69 Å². The number of rotatable bonds is 3. The summed E-state index contributed by atoms with van der Waals surface area (Å²) in [4.78, 5) is 25.6. The van der Waals surface area contributed by atoms with Gasteiger partial charge in [0.15, 0.2) is 0 Å². The molecule has 1 unspecified atom stereocenters. The van der Waals surface area contributed by atoms with E-state index in [1.54, 1.807) is 6.21 Å². The summed E-state index contributed by atoms with van der Waals surface area (Å²) >= 11 is 0. The first-order valence-corrected chi connectivity index (χ1v) is 4.57. The summed E-state index contributed by atoms with van der Waals surface area (Å²) in [6.07, 6.45) is 1.61. The van der Waals surface area contributed by atoms with Crippen molar-refractivity contribution in [3.8, 4) is 0 Å². The van der Waals surface area contributed by atoms with Crippen molar-refractivity contribution in [1.82, 2.24) is 0 Å². The summed E-state index contributed by atoms with van der Waals surface area (Å²) in [5.41, 5.74) is 1.74. The summed E-state index contributed by atoms with van der Waals surface area (Å²) in [7, 11) is 0. The number of hydrogen-bond donors (Lipinski definition) is 1. The van der Waals surface area contributed by atoms with Crippen LogP contribution in [-0.4, -0.2) is 23.1 Å². The lowest BCUT2D eigenvalue weighted by atomic mass is 9.96. The molecular formula is C11H9NO3. The third kappa shape index (κ3) is 1.79. The smallest absolute Gasteiger partial charge is 0.372 e. The highest BCUT2D eigenvalue weighted by Crippen LogP contribution is 2.33. The lowest BCUT2D eigenvalue weighted by Crippen LogP contribution is -2.15. The number of para-hydroxylation sites is 1. The molecule has 0 fully saturated rings. The minimum atomic E-state index is -1.38. The van der Waals surface area contributed by atoms with Crippen LogP contribution in [0.1, 0.15) is 17.9 Å². The normalized spacial score (nSPS) is 17.5. The van der Waals surface area contributed by atoms with Gasteiger partial charge in [0, 0.05) is 18.6 Å². The Morgan fingerprint density at radius 1 is 1.33 bits per heavy atom. The Hall–Kier alpha value is -1.97. The van der Waals surface area contributed by atoms with Crippen LogP contribution in [0.5, 0.6) is 0 Å². The van der Waals surface area contributed by atoms with Gasteiger partial charge in [-0.15, -0.1) is 0 Å². The summed E-state index contributed by atoms with van der Waals surface area (Å²) in [6, 6.07) is 7.42. The Bertz CT molecular complexity index is 451. The van der Waals surface area contributed by atoms with E-state index in [1.807, 2.05) is 24.3 Å². The van der Waals surface area contributed by atoms with Crippen LogP contribution in [0.2, 0.25) is 0 Å². The first kappa shape index (κ1) is 9.58. The van der Waals surface area contributed by atoms with Gasteiger partial charge < -0.3 is 5.11 Å². The molecule has 4 nitrogen and oxygen atoms in total. The first-order chi connectivity index (χ1) is 7.18. The van der Waals surface area contributed by atoms with Gasteiger partial charge in [-0.25, -0.2) is 4.79 Å². The molecule has 1 heterocycles. The number of aliphatic carboxylic acids is 1. The van der Waals surface area contributed by atoms with Crippen LogP contribution in [0, 0.1) is 0 Å². The Balaban J connectivity index is 2.18. The molecule has 0 spiro atoms. The van der Waals surface area contributed by atoms with Crippen molar-refractivity contribution in [2.45, 2.75) is 12.3 Å². The van der Waals surface area contributed by atoms with E-state index in [4.69, 9.17) is 5.11 Å². The van der Waals surface area contributed by atoms with Gasteiger partial charge in [0.2, 0.25) is 5.78 Å². The van der Waals surface area contributed by atoms with Crippen molar-refractivity contribution in [2.75, 3.05) is 0 Å². The SMILES string of the molecule is O=C(O)C(=O)CC1C=Nc2ccccc21. The van der Waals surface area contributed by atoms with Crippen LogP contribution in [-0.2, 0) is 9.59 Å². The molecule has 0 bridgehead atoms. The molecule has 0 radical (unpaired) electrons. The molecule has 0 aliphatic carbocycles. The van der Waals surface area contributed by atoms with E-state index >= 15 is 0 Å². The van der Waals surface area contributed by atoms with Crippen LogP contribution in [0.25, 0.3) is 0 Å². The van der Waals surface area contributed by atoms with Crippen molar-refractivity contribution >= 4 is 23.7 Å². The molecule has 2 rings (SSSR count). The monoisotopic (exact) mass is 203 g/mol. The van der Waals surface area contributed by atoms with Gasteiger partial charge in [-0.2, -0.15) is 0 Å². The molecule has 1 atom stereocenters. The average Bonchev–Trinajstić information content (AvgIpc) is 2.62. The maximum Gasteiger partial charge on any atom is 0.372 e. The van der Waals surface area contributed by atoms with Crippen molar-refractivity contribution in [2.24, 2.45) is 4.99 Å². The number of carboxylic acids is 1. The molecule has 0 saturated heterocycles. The van der Waals surface area contributed by atoms with E-state index < -0.39 is 11.8 Å². The fraction of sp³-hybridized carbons (Fsp3) is 0.182. The van der Waals surface area contributed by atoms with E-state index in [9.17, 15) is 9.59 Å². The van der Waals surface area contributed by atoms with E-state index in [-0.39, 0.29) is 12.3 Å². The summed E-state index contributed by atoms with van der Waals surface area (Å²) in [5, 5.41) is 8.50. The van der Waals surface area contributed by atoms with E-state index in [0.29, 0.717) is 0 Å². The zero-order chi connectivity index (χ0) is 10.8. The number of carboxylic acid groups (broad SMARTS) is 1. The maximum absolute atomic E-state index is 11.0. The summed E-state index contributed by atoms with van der Waals surface area (Å²) < 4.78 is 0. The summed E-state index contributed by atoms with van der Waals surface area (Å²) in [6.45, 7) is 0. The molecule has 1 aliphatic rings. The van der Waals surface area contributed by atoms with Gasteiger partial charge in [0.25, 0.3) is 0 Å². The minimum absolute atomic E-state index is 0.0180. The molecule has 15 heavy (non-hydrogen) atoms. The second kappa shape index (κ2) is 3.65. The van der Waals surface area contributed by atoms with E-state index in [0.717, 1.165) is 11.3 Å². The molecule has 0 saturated carbocycles. The van der Waals surface area contributed by atoms with Crippen molar-refractivity contribution < 1.29 is 14.7 Å². The van der Waals surface area contributed by atoms with Gasteiger partial charge in [-0.3, -0.25) is 9.79 Å². The first-order valence-electron chi connectivity index (χ1n) is 4.57. The number of carbonyl (C=O) groups excluding carboxylic acids is 1. The number of hydrogen-bond acceptors (Lipinski definition) is 3. The van der Waals surface area contributed by atoms with Crippen LogP contribution >= 0.6 is 0 Å². The van der Waals surface area contributed by atoms with Gasteiger partial charge in [-0.1, -0.05) is 18.2 Å². The topological polar surface area (TPSA) is 66.7 Å². The lowest BCUT2D eigenvalue weighted by molar-refractivity contribution is -0.149. The predicted octanol–water partition coefficient (Wildman–Crippen LogP) is 1.53. The Morgan fingerprint density at radius 2 is 2.07 bits per heavy atom. The van der Waals surface area contributed by atoms with Crippen molar-refractivity contribution in [3.05, 3.63) is 29.8 Å². The quantitative estimate of drug-likeness (QED) is 0.757. The Labute approximate surface area is 86.3 Å². The fourth-order valence-corrected chi connectivity index (χ4v) is 1.62. The van der Waals surface area contributed by atoms with Crippen LogP contribution in [0.4, 0.5) is 5.69 Å². The second-order valence-electron chi connectivity index (χ2n) is 3.38. The third-order valence-electron chi connectivity index (χ3n) is 2.37. The lowest BCUT2D eigenvalue weighted by Gasteiger charge is -2.05. The van der Waals surface area contributed by atoms with Crippen LogP contribution in [0.15, 0.2) is 29.3 Å². The molecule has 1 aromatic carbocycles. The summed E-state index contributed by atoms with van der Waals surface area (Å²) in [5.74, 6) is -2.35. The Morgan fingerprint density at radius 3 is 2.80 bits per heavy atom. The van der Waals surface area contributed by atoms with Gasteiger partial charge >= 0.3 is 5.97 Å². The van der Waals surface area contributed by atoms with E-state index in [1.165, 1.54) is 0 Å². The Kier molecular flexibility index (Phi) is 2.33. The number of fused-ring (bicyclic) bond motifs is 1. The number of carbonyl (C=O) groups is 2. The molecule has 1 aromatic rings. The highest BCUT2D eigenvalue weighted by molar-refractivity contribution is 6.33. The number of nitrogens with zero attached hydrogens (tertiary/aromatic N) is 1. The number of Topliss-reactive ketones (excluding diaryl/α,β-unsaturated/α-hetero) is 1. The van der Waals surface area contributed by atoms with Crippen molar-refractivity contribution in [3.63, 3.8) is 0 Å². The largest absolute Gasteiger partial charge is 0.476 e. The fourth-order valence-electron chi connectivity index (χ4n) is 1.62. The second-order valence-corrected chi connectivity index (χ2v) is 3.38. The average molecular weight is 203 g/mol. The number of benzene rings is 1. The molecule has 76 valence electrons. The van der Waals surface area contributed by atoms with Crippen molar-refractivity contribution in [1.29, 1.82) is 0 Å². The maximum atomic E-state index is 11.0. The predicted molar refractivity (Wildman–Crippen MR) is 54.6 cm³/mol. The van der Waals surface area contributed by atoms with Gasteiger partial charge in [0.1, 0.15) is 0 Å². The van der Waals surface area contributed by atoms with E-state index in [2.05, 4.69) is 4.99 Å². The van der Waals surface area contributed by atoms with Crippen LogP contribution < -0.4 is 0 Å². The molecule has 1 N–H and O–H groups in total. The number of aliphatic imine (C=N–C) groups is 1. The number of ketones is 1. The zero-order valence-electron chi connectivity index (χ0n) is 7.88. The third-order valence-corrected chi connectivity index (χ3v) is 2.37. The highest BCUT2D eigenvalue weighted by atomic mass is 16.4. The molecule has 0 aromatic heterocycles. The molecular weight excluding hydrogens is 194 g/mol.